The van der Waals surface area contributed by atoms with E-state index in [0.29, 0.717) is 24.2 Å². The molecule has 110 valence electrons. The van der Waals surface area contributed by atoms with Crippen LogP contribution in [-0.2, 0) is 0 Å². The summed E-state index contributed by atoms with van der Waals surface area (Å²) < 4.78 is 0.881. The first-order valence-electron chi connectivity index (χ1n) is 7.21. The summed E-state index contributed by atoms with van der Waals surface area (Å²) >= 11 is 3.32. The molecular formula is C15H22BrN3O. The van der Waals surface area contributed by atoms with Crippen molar-refractivity contribution in [2.24, 2.45) is 5.92 Å². The molecule has 1 unspecified atom stereocenters. The van der Waals surface area contributed by atoms with Crippen molar-refractivity contribution in [3.05, 3.63) is 28.5 Å². The molecule has 0 radical (unpaired) electrons. The summed E-state index contributed by atoms with van der Waals surface area (Å²) in [5.41, 5.74) is 0.470. The molecule has 0 aromatic carbocycles. The van der Waals surface area contributed by atoms with Gasteiger partial charge in [-0.15, -0.1) is 0 Å². The summed E-state index contributed by atoms with van der Waals surface area (Å²) in [6.07, 6.45) is 4.19. The van der Waals surface area contributed by atoms with Crippen LogP contribution in [-0.4, -0.2) is 41.5 Å². The summed E-state index contributed by atoms with van der Waals surface area (Å²) in [7, 11) is 0. The number of carbonyl (C=O) groups excluding carboxylic acids is 1. The molecule has 1 N–H and O–H groups in total. The topological polar surface area (TPSA) is 45.2 Å². The molecule has 0 aliphatic carbocycles. The molecule has 1 aromatic rings. The highest BCUT2D eigenvalue weighted by atomic mass is 79.9. The number of nitrogens with one attached hydrogen (secondary N) is 1. The van der Waals surface area contributed by atoms with Gasteiger partial charge in [-0.3, -0.25) is 9.69 Å². The third-order valence-electron chi connectivity index (χ3n) is 3.81. The van der Waals surface area contributed by atoms with Crippen molar-refractivity contribution in [2.45, 2.75) is 32.7 Å². The molecule has 0 spiro atoms. The van der Waals surface area contributed by atoms with Crippen LogP contribution in [0.25, 0.3) is 0 Å². The lowest BCUT2D eigenvalue weighted by atomic mass is 10.0. The standard InChI is InChI=1S/C15H22BrN3O/c1-11(2)14(19-7-3-4-8-19)10-18-15(20)13-6-5-12(16)9-17-13/h5-6,9,11,14H,3-4,7-8,10H2,1-2H3,(H,18,20). The molecule has 2 rings (SSSR count). The highest BCUT2D eigenvalue weighted by Gasteiger charge is 2.25. The van der Waals surface area contributed by atoms with E-state index in [1.807, 2.05) is 6.07 Å². The fourth-order valence-corrected chi connectivity index (χ4v) is 2.89. The smallest absolute Gasteiger partial charge is 0.269 e. The van der Waals surface area contributed by atoms with Crippen molar-refractivity contribution >= 4 is 21.8 Å². The van der Waals surface area contributed by atoms with Gasteiger partial charge in [0, 0.05) is 23.3 Å². The molecule has 1 aliphatic rings. The van der Waals surface area contributed by atoms with Crippen LogP contribution in [0.4, 0.5) is 0 Å². The third kappa shape index (κ3) is 4.03. The fraction of sp³-hybridized carbons (Fsp3) is 0.600. The van der Waals surface area contributed by atoms with Crippen molar-refractivity contribution in [3.63, 3.8) is 0 Å². The number of pyridine rings is 1. The van der Waals surface area contributed by atoms with Crippen LogP contribution in [0.1, 0.15) is 37.2 Å². The lowest BCUT2D eigenvalue weighted by Gasteiger charge is -2.30. The van der Waals surface area contributed by atoms with Crippen molar-refractivity contribution in [3.8, 4) is 0 Å². The van der Waals surface area contributed by atoms with Gasteiger partial charge in [0.05, 0.1) is 0 Å². The van der Waals surface area contributed by atoms with Gasteiger partial charge in [-0.2, -0.15) is 0 Å². The van der Waals surface area contributed by atoms with Crippen LogP contribution in [0, 0.1) is 5.92 Å². The monoisotopic (exact) mass is 339 g/mol. The largest absolute Gasteiger partial charge is 0.349 e. The van der Waals surface area contributed by atoms with Crippen molar-refractivity contribution in [1.29, 1.82) is 0 Å². The van der Waals surface area contributed by atoms with Gasteiger partial charge >= 0.3 is 0 Å². The first-order valence-corrected chi connectivity index (χ1v) is 8.01. The van der Waals surface area contributed by atoms with Gasteiger partial charge in [-0.25, -0.2) is 4.98 Å². The fourth-order valence-electron chi connectivity index (χ4n) is 2.66. The number of hydrogen-bond donors (Lipinski definition) is 1. The normalized spacial score (nSPS) is 17.4. The van der Waals surface area contributed by atoms with Crippen molar-refractivity contribution in [1.82, 2.24) is 15.2 Å². The van der Waals surface area contributed by atoms with Crippen molar-refractivity contribution < 1.29 is 4.79 Å². The Kier molecular flexibility index (Phi) is 5.54. The molecule has 1 amide bonds. The van der Waals surface area contributed by atoms with Crippen LogP contribution in [0.3, 0.4) is 0 Å². The van der Waals surface area contributed by atoms with E-state index in [1.165, 1.54) is 12.8 Å². The highest BCUT2D eigenvalue weighted by Crippen LogP contribution is 2.17. The molecule has 0 bridgehead atoms. The average molecular weight is 340 g/mol. The van der Waals surface area contributed by atoms with Gasteiger partial charge in [0.15, 0.2) is 0 Å². The quantitative estimate of drug-likeness (QED) is 0.896. The molecule has 1 aliphatic heterocycles. The first-order chi connectivity index (χ1) is 9.58. The van der Waals surface area contributed by atoms with Crippen LogP contribution in [0.15, 0.2) is 22.8 Å². The van der Waals surface area contributed by atoms with E-state index in [9.17, 15) is 4.79 Å². The summed E-state index contributed by atoms with van der Waals surface area (Å²) in [6.45, 7) is 7.42. The summed E-state index contributed by atoms with van der Waals surface area (Å²) in [6, 6.07) is 3.99. The minimum Gasteiger partial charge on any atom is -0.349 e. The second-order valence-corrected chi connectivity index (χ2v) is 6.54. The number of rotatable bonds is 5. The van der Waals surface area contributed by atoms with Gasteiger partial charge in [0.2, 0.25) is 0 Å². The molecule has 4 nitrogen and oxygen atoms in total. The first kappa shape index (κ1) is 15.4. The molecule has 5 heteroatoms. The number of carbonyl (C=O) groups is 1. The molecular weight excluding hydrogens is 318 g/mol. The molecule has 1 atom stereocenters. The predicted octanol–water partition coefficient (Wildman–Crippen LogP) is 2.69. The van der Waals surface area contributed by atoms with E-state index >= 15 is 0 Å². The zero-order valence-electron chi connectivity index (χ0n) is 12.1. The Hall–Kier alpha value is -0.940. The van der Waals surface area contributed by atoms with Crippen molar-refractivity contribution in [2.75, 3.05) is 19.6 Å². The molecule has 2 heterocycles. The van der Waals surface area contributed by atoms with E-state index in [0.717, 1.165) is 17.6 Å². The van der Waals surface area contributed by atoms with E-state index in [2.05, 4.69) is 45.0 Å². The van der Waals surface area contributed by atoms with Gasteiger partial charge in [-0.05, 0) is 59.9 Å². The van der Waals surface area contributed by atoms with Gasteiger partial charge < -0.3 is 5.32 Å². The summed E-state index contributed by atoms with van der Waals surface area (Å²) in [5, 5.41) is 3.02. The lowest BCUT2D eigenvalue weighted by molar-refractivity contribution is 0.0922. The zero-order valence-corrected chi connectivity index (χ0v) is 13.7. The van der Waals surface area contributed by atoms with E-state index in [-0.39, 0.29) is 5.91 Å². The summed E-state index contributed by atoms with van der Waals surface area (Å²) in [4.78, 5) is 18.7. The highest BCUT2D eigenvalue weighted by molar-refractivity contribution is 9.10. The zero-order chi connectivity index (χ0) is 14.5. The third-order valence-corrected chi connectivity index (χ3v) is 4.28. The average Bonchev–Trinajstić information content (AvgIpc) is 2.93. The maximum absolute atomic E-state index is 12.1. The minimum absolute atomic E-state index is 0.0950. The second kappa shape index (κ2) is 7.18. The van der Waals surface area contributed by atoms with Crippen LogP contribution in [0.5, 0.6) is 0 Å². The van der Waals surface area contributed by atoms with Gasteiger partial charge in [0.25, 0.3) is 5.91 Å². The Labute approximate surface area is 129 Å². The number of nitrogens with zero attached hydrogens (tertiary/aromatic N) is 2. The van der Waals surface area contributed by atoms with Gasteiger partial charge in [-0.1, -0.05) is 13.8 Å². The molecule has 1 aromatic heterocycles. The Bertz CT molecular complexity index is 441. The molecule has 20 heavy (non-hydrogen) atoms. The SMILES string of the molecule is CC(C)C(CNC(=O)c1ccc(Br)cn1)N1CCCC1. The Balaban J connectivity index is 1.91. The second-order valence-electron chi connectivity index (χ2n) is 5.63. The molecule has 1 saturated heterocycles. The number of amides is 1. The van der Waals surface area contributed by atoms with E-state index in [4.69, 9.17) is 0 Å². The maximum atomic E-state index is 12.1. The van der Waals surface area contributed by atoms with Crippen LogP contribution in [0.2, 0.25) is 0 Å². The van der Waals surface area contributed by atoms with Crippen LogP contribution < -0.4 is 5.32 Å². The Morgan fingerprint density at radius 2 is 2.10 bits per heavy atom. The number of likely N-dealkylation sites (tertiary alicyclic amines) is 1. The predicted molar refractivity (Wildman–Crippen MR) is 83.7 cm³/mol. The lowest BCUT2D eigenvalue weighted by Crippen LogP contribution is -2.45. The maximum Gasteiger partial charge on any atom is 0.269 e. The summed E-state index contributed by atoms with van der Waals surface area (Å²) in [5.74, 6) is 0.439. The Morgan fingerprint density at radius 1 is 1.40 bits per heavy atom. The Morgan fingerprint density at radius 3 is 2.65 bits per heavy atom. The number of aromatic nitrogens is 1. The molecule has 1 fully saturated rings. The van der Waals surface area contributed by atoms with Gasteiger partial charge in [0.1, 0.15) is 5.69 Å². The minimum atomic E-state index is -0.0950. The van der Waals surface area contributed by atoms with E-state index in [1.54, 1.807) is 12.3 Å². The number of hydrogen-bond acceptors (Lipinski definition) is 3. The number of halogens is 1. The van der Waals surface area contributed by atoms with Crippen LogP contribution >= 0.6 is 15.9 Å². The van der Waals surface area contributed by atoms with E-state index < -0.39 is 0 Å². The molecule has 0 saturated carbocycles.